The Kier molecular flexibility index (Phi) is 7.08. The van der Waals surface area contributed by atoms with Crippen molar-refractivity contribution in [3.63, 3.8) is 0 Å². The van der Waals surface area contributed by atoms with E-state index in [9.17, 15) is 8.42 Å². The average molecular weight is 487 g/mol. The number of sulfonamides is 1. The van der Waals surface area contributed by atoms with Crippen molar-refractivity contribution in [3.8, 4) is 17.0 Å². The van der Waals surface area contributed by atoms with Gasteiger partial charge in [-0.25, -0.2) is 13.4 Å². The number of hydrogen-bond acceptors (Lipinski definition) is 8. The molecule has 1 saturated heterocycles. The Morgan fingerprint density at radius 1 is 1.18 bits per heavy atom. The molecule has 1 aromatic heterocycles. The van der Waals surface area contributed by atoms with Crippen LogP contribution in [0.15, 0.2) is 63.9 Å². The molecule has 0 saturated carbocycles. The Balaban J connectivity index is 1.50. The van der Waals surface area contributed by atoms with Crippen molar-refractivity contribution in [2.45, 2.75) is 31.0 Å². The first-order valence-electron chi connectivity index (χ1n) is 10.5. The number of benzene rings is 2. The summed E-state index contributed by atoms with van der Waals surface area (Å²) in [6.07, 6.45) is 1.38. The highest BCUT2D eigenvalue weighted by atomic mass is 32.2. The van der Waals surface area contributed by atoms with Crippen LogP contribution in [0.2, 0.25) is 0 Å². The molecule has 2 heterocycles. The van der Waals surface area contributed by atoms with Crippen LogP contribution in [0.4, 0.5) is 5.13 Å². The Labute approximate surface area is 197 Å². The van der Waals surface area contributed by atoms with Crippen LogP contribution in [0.25, 0.3) is 11.3 Å². The molecule has 1 aliphatic heterocycles. The molecule has 33 heavy (non-hydrogen) atoms. The quantitative estimate of drug-likeness (QED) is 0.400. The Bertz CT molecular complexity index is 1230. The third-order valence-corrected chi connectivity index (χ3v) is 7.74. The fraction of sp³-hybridized carbons (Fsp3) is 0.304. The minimum Gasteiger partial charge on any atom is -0.496 e. The van der Waals surface area contributed by atoms with Crippen molar-refractivity contribution in [1.29, 1.82) is 0 Å². The van der Waals surface area contributed by atoms with Crippen LogP contribution in [0.3, 0.4) is 0 Å². The summed E-state index contributed by atoms with van der Waals surface area (Å²) in [5.41, 5.74) is 5.17. The first-order chi connectivity index (χ1) is 15.9. The second-order valence-electron chi connectivity index (χ2n) is 7.76. The lowest BCUT2D eigenvalue weighted by Gasteiger charge is -2.34. The molecule has 0 amide bonds. The van der Waals surface area contributed by atoms with Crippen LogP contribution in [0.5, 0.6) is 5.75 Å². The van der Waals surface area contributed by atoms with E-state index in [1.165, 1.54) is 15.6 Å². The fourth-order valence-corrected chi connectivity index (χ4v) is 5.99. The molecular weight excluding hydrogens is 460 g/mol. The average Bonchev–Trinajstić information content (AvgIpc) is 3.28. The maximum Gasteiger partial charge on any atom is 0.243 e. The third kappa shape index (κ3) is 5.41. The molecule has 2 aromatic carbocycles. The number of morpholine rings is 1. The van der Waals surface area contributed by atoms with Gasteiger partial charge in [-0.3, -0.25) is 5.43 Å². The number of para-hydroxylation sites is 1. The number of aromatic nitrogens is 1. The van der Waals surface area contributed by atoms with Crippen molar-refractivity contribution >= 4 is 32.7 Å². The van der Waals surface area contributed by atoms with Gasteiger partial charge in [0, 0.05) is 29.6 Å². The molecule has 3 aromatic rings. The molecule has 0 bridgehead atoms. The summed E-state index contributed by atoms with van der Waals surface area (Å²) >= 11 is 1.39. The number of rotatable bonds is 7. The van der Waals surface area contributed by atoms with Gasteiger partial charge in [0.25, 0.3) is 0 Å². The van der Waals surface area contributed by atoms with Crippen LogP contribution in [0, 0.1) is 0 Å². The Morgan fingerprint density at radius 3 is 2.70 bits per heavy atom. The molecule has 8 nitrogen and oxygen atoms in total. The lowest BCUT2D eigenvalue weighted by atomic mass is 10.2. The summed E-state index contributed by atoms with van der Waals surface area (Å²) in [5, 5.41) is 6.70. The molecule has 1 fully saturated rings. The topological polar surface area (TPSA) is 93.1 Å². The van der Waals surface area contributed by atoms with Crippen molar-refractivity contribution < 1.29 is 17.9 Å². The molecule has 0 unspecified atom stereocenters. The monoisotopic (exact) mass is 486 g/mol. The zero-order valence-electron chi connectivity index (χ0n) is 18.6. The van der Waals surface area contributed by atoms with Gasteiger partial charge < -0.3 is 9.47 Å². The maximum atomic E-state index is 13.2. The van der Waals surface area contributed by atoms with Gasteiger partial charge in [0.2, 0.25) is 15.2 Å². The molecule has 10 heteroatoms. The van der Waals surface area contributed by atoms with Crippen molar-refractivity contribution in [2.75, 3.05) is 25.6 Å². The number of nitrogens with zero attached hydrogens (tertiary/aromatic N) is 3. The van der Waals surface area contributed by atoms with Crippen LogP contribution in [0.1, 0.15) is 19.4 Å². The lowest BCUT2D eigenvalue weighted by Crippen LogP contribution is -2.48. The van der Waals surface area contributed by atoms with E-state index >= 15 is 0 Å². The number of hydrogen-bond donors (Lipinski definition) is 1. The van der Waals surface area contributed by atoms with Gasteiger partial charge in [-0.1, -0.05) is 24.3 Å². The number of anilines is 1. The molecule has 0 radical (unpaired) electrons. The first-order valence-corrected chi connectivity index (χ1v) is 12.8. The number of hydrazone groups is 1. The summed E-state index contributed by atoms with van der Waals surface area (Å²) < 4.78 is 38.9. The van der Waals surface area contributed by atoms with Crippen LogP contribution in [-0.4, -0.2) is 56.3 Å². The molecule has 174 valence electrons. The molecular formula is C23H26N4O4S2. The molecule has 0 spiro atoms. The zero-order chi connectivity index (χ0) is 23.4. The highest BCUT2D eigenvalue weighted by Gasteiger charge is 2.32. The highest BCUT2D eigenvalue weighted by molar-refractivity contribution is 7.89. The van der Waals surface area contributed by atoms with Gasteiger partial charge in [-0.15, -0.1) is 11.3 Å². The van der Waals surface area contributed by atoms with Crippen molar-refractivity contribution in [2.24, 2.45) is 5.10 Å². The van der Waals surface area contributed by atoms with Gasteiger partial charge in [0.1, 0.15) is 5.75 Å². The summed E-state index contributed by atoms with van der Waals surface area (Å²) in [7, 11) is -2.01. The smallest absolute Gasteiger partial charge is 0.243 e. The maximum absolute atomic E-state index is 13.2. The third-order valence-electron chi connectivity index (χ3n) is 5.16. The SMILES string of the molecule is COc1ccccc1C=NNc1nc(-c2cccc(S(=O)(=O)N3C[C@H](C)O[C@@H](C)C3)c2)cs1. The lowest BCUT2D eigenvalue weighted by molar-refractivity contribution is -0.0440. The molecule has 2 atom stereocenters. The van der Waals surface area contributed by atoms with E-state index in [0.29, 0.717) is 23.9 Å². The second kappa shape index (κ2) is 10.0. The highest BCUT2D eigenvalue weighted by Crippen LogP contribution is 2.28. The number of nitrogens with one attached hydrogen (secondary N) is 1. The zero-order valence-corrected chi connectivity index (χ0v) is 20.3. The van der Waals surface area contributed by atoms with Gasteiger partial charge in [0.15, 0.2) is 0 Å². The first kappa shape index (κ1) is 23.4. The van der Waals surface area contributed by atoms with Crippen LogP contribution >= 0.6 is 11.3 Å². The minimum absolute atomic E-state index is 0.143. The van der Waals surface area contributed by atoms with E-state index in [2.05, 4.69) is 15.5 Å². The van der Waals surface area contributed by atoms with Gasteiger partial charge >= 0.3 is 0 Å². The molecule has 1 aliphatic rings. The fourth-order valence-electron chi connectivity index (χ4n) is 3.68. The number of thiazole rings is 1. The Morgan fingerprint density at radius 2 is 1.94 bits per heavy atom. The van der Waals surface area contributed by atoms with Crippen molar-refractivity contribution in [3.05, 3.63) is 59.5 Å². The van der Waals surface area contributed by atoms with Gasteiger partial charge in [0.05, 0.1) is 36.1 Å². The van der Waals surface area contributed by atoms with E-state index in [0.717, 1.165) is 16.9 Å². The number of methoxy groups -OCH3 is 1. The van der Waals surface area contributed by atoms with Crippen LogP contribution < -0.4 is 10.2 Å². The largest absolute Gasteiger partial charge is 0.496 e. The molecule has 0 aliphatic carbocycles. The second-order valence-corrected chi connectivity index (χ2v) is 10.6. The summed E-state index contributed by atoms with van der Waals surface area (Å²) in [5.74, 6) is 0.727. The number of ether oxygens (including phenoxy) is 2. The van der Waals surface area contributed by atoms with Gasteiger partial charge in [-0.05, 0) is 38.1 Å². The summed E-state index contributed by atoms with van der Waals surface area (Å²) in [4.78, 5) is 4.80. The van der Waals surface area contributed by atoms with E-state index in [1.54, 1.807) is 31.5 Å². The predicted octanol–water partition coefficient (Wildman–Crippen LogP) is 4.06. The normalized spacial score (nSPS) is 19.6. The summed E-state index contributed by atoms with van der Waals surface area (Å²) in [6.45, 7) is 4.45. The molecule has 4 rings (SSSR count). The molecule has 1 N–H and O–H groups in total. The van der Waals surface area contributed by atoms with Gasteiger partial charge in [-0.2, -0.15) is 9.41 Å². The van der Waals surface area contributed by atoms with E-state index in [1.807, 2.05) is 49.6 Å². The summed E-state index contributed by atoms with van der Waals surface area (Å²) in [6, 6.07) is 14.4. The minimum atomic E-state index is -3.63. The van der Waals surface area contributed by atoms with E-state index in [4.69, 9.17) is 9.47 Å². The van der Waals surface area contributed by atoms with E-state index in [-0.39, 0.29) is 17.1 Å². The van der Waals surface area contributed by atoms with Crippen LogP contribution in [-0.2, 0) is 14.8 Å². The standard InChI is InChI=1S/C23H26N4O4S2/c1-16-13-27(14-17(2)31-16)33(28,29)20-9-6-8-18(11-20)21-15-32-23(25-21)26-24-12-19-7-4-5-10-22(19)30-3/h4-12,15-17H,13-14H2,1-3H3,(H,25,26)/t16-,17-/m0/s1. The van der Waals surface area contributed by atoms with E-state index < -0.39 is 10.0 Å². The predicted molar refractivity (Wildman–Crippen MR) is 131 cm³/mol. The van der Waals surface area contributed by atoms with Crippen molar-refractivity contribution in [1.82, 2.24) is 9.29 Å². The Hall–Kier alpha value is -2.79.